The van der Waals surface area contributed by atoms with Gasteiger partial charge in [-0.3, -0.25) is 0 Å². The number of rotatable bonds is 7. The van der Waals surface area contributed by atoms with Crippen molar-refractivity contribution in [2.45, 2.75) is 31.4 Å². The Hall–Kier alpha value is -0.980. The molecule has 1 aromatic rings. The minimum atomic E-state index is -3.28. The number of thiocarbonyl (C=S) groups is 1. The summed E-state index contributed by atoms with van der Waals surface area (Å²) >= 11 is 4.88. The minimum absolute atomic E-state index is 0.00532. The highest BCUT2D eigenvalue weighted by molar-refractivity contribution is 7.88. The van der Waals surface area contributed by atoms with E-state index in [1.54, 1.807) is 24.3 Å². The molecule has 1 aromatic carbocycles. The maximum absolute atomic E-state index is 12.2. The van der Waals surface area contributed by atoms with E-state index in [-0.39, 0.29) is 11.2 Å². The zero-order valence-electron chi connectivity index (χ0n) is 11.8. The molecule has 4 nitrogen and oxygen atoms in total. The van der Waals surface area contributed by atoms with Gasteiger partial charge in [-0.2, -0.15) is 0 Å². The van der Waals surface area contributed by atoms with Crippen molar-refractivity contribution in [3.05, 3.63) is 35.4 Å². The fraction of sp³-hybridized carbons (Fsp3) is 0.533. The molecule has 0 heterocycles. The van der Waals surface area contributed by atoms with Gasteiger partial charge in [-0.05, 0) is 42.6 Å². The molecule has 0 aliphatic heterocycles. The summed E-state index contributed by atoms with van der Waals surface area (Å²) in [6.07, 6.45) is 4.87. The van der Waals surface area contributed by atoms with E-state index >= 15 is 0 Å². The number of benzene rings is 1. The largest absolute Gasteiger partial charge is 0.389 e. The van der Waals surface area contributed by atoms with Crippen molar-refractivity contribution in [3.63, 3.8) is 0 Å². The van der Waals surface area contributed by atoms with Crippen LogP contribution >= 0.6 is 12.2 Å². The quantitative estimate of drug-likeness (QED) is 0.752. The molecule has 0 unspecified atom stereocenters. The van der Waals surface area contributed by atoms with Crippen LogP contribution in [0.15, 0.2) is 24.3 Å². The molecule has 114 valence electrons. The molecule has 2 aliphatic rings. The van der Waals surface area contributed by atoms with Crippen LogP contribution in [0, 0.1) is 11.3 Å². The van der Waals surface area contributed by atoms with Crippen LogP contribution in [0.25, 0.3) is 0 Å². The summed E-state index contributed by atoms with van der Waals surface area (Å²) in [5.41, 5.74) is 7.31. The molecule has 0 bridgehead atoms. The zero-order chi connectivity index (χ0) is 15.1. The summed E-state index contributed by atoms with van der Waals surface area (Å²) < 4.78 is 27.1. The maximum atomic E-state index is 12.2. The van der Waals surface area contributed by atoms with E-state index in [9.17, 15) is 8.42 Å². The summed E-state index contributed by atoms with van der Waals surface area (Å²) in [5, 5.41) is 0. The number of hydrogen-bond donors (Lipinski definition) is 2. The van der Waals surface area contributed by atoms with Gasteiger partial charge in [0.25, 0.3) is 0 Å². The van der Waals surface area contributed by atoms with E-state index in [1.807, 2.05) is 0 Å². The van der Waals surface area contributed by atoms with E-state index in [4.69, 9.17) is 18.0 Å². The second-order valence-corrected chi connectivity index (χ2v) is 8.52. The highest BCUT2D eigenvalue weighted by Crippen LogP contribution is 2.60. The van der Waals surface area contributed by atoms with Gasteiger partial charge in [0.1, 0.15) is 4.99 Å². The average Bonchev–Trinajstić information content (AvgIpc) is 3.28. The minimum Gasteiger partial charge on any atom is -0.389 e. The fourth-order valence-electron chi connectivity index (χ4n) is 2.87. The number of nitrogens with one attached hydrogen (secondary N) is 1. The van der Waals surface area contributed by atoms with Gasteiger partial charge in [0, 0.05) is 12.1 Å². The first-order chi connectivity index (χ1) is 9.90. The van der Waals surface area contributed by atoms with Crippen LogP contribution in [0.4, 0.5) is 0 Å². The van der Waals surface area contributed by atoms with Crippen molar-refractivity contribution in [1.82, 2.24) is 4.72 Å². The summed E-state index contributed by atoms with van der Waals surface area (Å²) in [7, 11) is -3.28. The van der Waals surface area contributed by atoms with Crippen LogP contribution in [-0.2, 0) is 15.8 Å². The van der Waals surface area contributed by atoms with Crippen molar-refractivity contribution in [1.29, 1.82) is 0 Å². The maximum Gasteiger partial charge on any atom is 0.215 e. The third kappa shape index (κ3) is 3.62. The Bertz CT molecular complexity index is 645. The molecule has 0 saturated heterocycles. The van der Waals surface area contributed by atoms with Crippen molar-refractivity contribution in [3.8, 4) is 0 Å². The van der Waals surface area contributed by atoms with Gasteiger partial charge in [-0.15, -0.1) is 0 Å². The van der Waals surface area contributed by atoms with Gasteiger partial charge in [0.15, 0.2) is 0 Å². The molecule has 3 rings (SSSR count). The van der Waals surface area contributed by atoms with Crippen molar-refractivity contribution in [2.24, 2.45) is 17.1 Å². The number of nitrogens with two attached hydrogens (primary N) is 1. The third-order valence-electron chi connectivity index (χ3n) is 4.57. The summed E-state index contributed by atoms with van der Waals surface area (Å²) in [6, 6.07) is 7.06. The molecule has 2 saturated carbocycles. The Labute approximate surface area is 131 Å². The lowest BCUT2D eigenvalue weighted by Crippen LogP contribution is -2.32. The molecule has 2 aliphatic carbocycles. The van der Waals surface area contributed by atoms with Crippen molar-refractivity contribution >= 4 is 27.2 Å². The second kappa shape index (κ2) is 5.34. The smallest absolute Gasteiger partial charge is 0.215 e. The van der Waals surface area contributed by atoms with Crippen LogP contribution in [0.3, 0.4) is 0 Å². The standard InChI is InChI=1S/C15H20N2O2S2/c16-14(20)12-3-1-11(2-4-12)9-21(18,19)17-10-15(7-8-15)13-5-6-13/h1-4,13,17H,5-10H2,(H2,16,20). The Morgan fingerprint density at radius 3 is 2.38 bits per heavy atom. The number of sulfonamides is 1. The first-order valence-corrected chi connectivity index (χ1v) is 9.32. The van der Waals surface area contributed by atoms with E-state index in [2.05, 4.69) is 4.72 Å². The average molecular weight is 324 g/mol. The van der Waals surface area contributed by atoms with Crippen LogP contribution < -0.4 is 10.5 Å². The SMILES string of the molecule is NC(=S)c1ccc(CS(=O)(=O)NCC2(C3CC3)CC2)cc1. The predicted molar refractivity (Wildman–Crippen MR) is 87.3 cm³/mol. The normalized spacial score (nSPS) is 20.2. The molecule has 6 heteroatoms. The van der Waals surface area contributed by atoms with E-state index in [0.717, 1.165) is 17.0 Å². The lowest BCUT2D eigenvalue weighted by molar-refractivity contribution is 0.431. The number of hydrogen-bond acceptors (Lipinski definition) is 3. The molecule has 21 heavy (non-hydrogen) atoms. The molecule has 0 amide bonds. The Morgan fingerprint density at radius 2 is 1.90 bits per heavy atom. The summed E-state index contributed by atoms with van der Waals surface area (Å²) in [5.74, 6) is 0.760. The fourth-order valence-corrected chi connectivity index (χ4v) is 4.25. The van der Waals surface area contributed by atoms with Gasteiger partial charge in [-0.1, -0.05) is 36.5 Å². The van der Waals surface area contributed by atoms with Gasteiger partial charge in [-0.25, -0.2) is 13.1 Å². The van der Waals surface area contributed by atoms with Gasteiger partial charge in [0.2, 0.25) is 10.0 Å². The monoisotopic (exact) mass is 324 g/mol. The second-order valence-electron chi connectivity index (χ2n) is 6.28. The third-order valence-corrected chi connectivity index (χ3v) is 6.11. The Morgan fingerprint density at radius 1 is 1.29 bits per heavy atom. The summed E-state index contributed by atoms with van der Waals surface area (Å²) in [4.78, 5) is 0.322. The van der Waals surface area contributed by atoms with Crippen LogP contribution in [0.2, 0.25) is 0 Å². The zero-order valence-corrected chi connectivity index (χ0v) is 13.5. The van der Waals surface area contributed by atoms with Crippen molar-refractivity contribution < 1.29 is 8.42 Å². The topological polar surface area (TPSA) is 72.2 Å². The predicted octanol–water partition coefficient (Wildman–Crippen LogP) is 1.93. The van der Waals surface area contributed by atoms with E-state index < -0.39 is 10.0 Å². The lowest BCUT2D eigenvalue weighted by Gasteiger charge is -2.15. The molecule has 0 aromatic heterocycles. The molecular formula is C15H20N2O2S2. The van der Waals surface area contributed by atoms with E-state index in [1.165, 1.54) is 25.7 Å². The lowest BCUT2D eigenvalue weighted by atomic mass is 10.0. The highest BCUT2D eigenvalue weighted by atomic mass is 32.2. The first kappa shape index (κ1) is 14.9. The summed E-state index contributed by atoms with van der Waals surface area (Å²) in [6.45, 7) is 0.602. The van der Waals surface area contributed by atoms with Gasteiger partial charge in [0.05, 0.1) is 5.75 Å². The van der Waals surface area contributed by atoms with Crippen LogP contribution in [0.5, 0.6) is 0 Å². The van der Waals surface area contributed by atoms with E-state index in [0.29, 0.717) is 11.5 Å². The molecule has 0 radical (unpaired) electrons. The highest BCUT2D eigenvalue weighted by Gasteiger charge is 2.53. The molecular weight excluding hydrogens is 304 g/mol. The van der Waals surface area contributed by atoms with Gasteiger partial charge >= 0.3 is 0 Å². The van der Waals surface area contributed by atoms with Crippen molar-refractivity contribution in [2.75, 3.05) is 6.54 Å². The molecule has 3 N–H and O–H groups in total. The van der Waals surface area contributed by atoms with Crippen LogP contribution in [0.1, 0.15) is 36.8 Å². The van der Waals surface area contributed by atoms with Gasteiger partial charge < -0.3 is 5.73 Å². The first-order valence-electron chi connectivity index (χ1n) is 7.26. The molecule has 0 spiro atoms. The Balaban J connectivity index is 1.59. The Kier molecular flexibility index (Phi) is 3.80. The van der Waals surface area contributed by atoms with Crippen LogP contribution in [-0.4, -0.2) is 20.0 Å². The molecule has 0 atom stereocenters. The molecule has 2 fully saturated rings.